The molecule has 126 valence electrons. The van der Waals surface area contributed by atoms with Crippen molar-refractivity contribution < 1.29 is 13.2 Å². The van der Waals surface area contributed by atoms with Gasteiger partial charge in [-0.05, 0) is 24.1 Å². The highest BCUT2D eigenvalue weighted by Gasteiger charge is 2.18. The summed E-state index contributed by atoms with van der Waals surface area (Å²) in [5.41, 5.74) is 1.59. The topological polar surface area (TPSA) is 75.3 Å². The van der Waals surface area contributed by atoms with E-state index in [0.29, 0.717) is 12.2 Å². The second-order valence-corrected chi connectivity index (χ2v) is 7.54. The van der Waals surface area contributed by atoms with Crippen molar-refractivity contribution in [3.8, 4) is 0 Å². The van der Waals surface area contributed by atoms with Crippen molar-refractivity contribution in [2.45, 2.75) is 27.3 Å². The van der Waals surface area contributed by atoms with Gasteiger partial charge in [0.05, 0.1) is 5.75 Å². The van der Waals surface area contributed by atoms with E-state index in [1.165, 1.54) is 0 Å². The SMILES string of the molecule is CCNCc1ccccc1NC(=O)CS(=O)(=O)CC(C)C.Cl. The number of nitrogens with one attached hydrogen (secondary N) is 2. The first-order valence-corrected chi connectivity index (χ1v) is 8.95. The summed E-state index contributed by atoms with van der Waals surface area (Å²) in [6.45, 7) is 7.10. The molecule has 0 atom stereocenters. The molecule has 5 nitrogen and oxygen atoms in total. The lowest BCUT2D eigenvalue weighted by Crippen LogP contribution is -2.27. The first-order chi connectivity index (χ1) is 9.84. The first kappa shape index (κ1) is 20.9. The van der Waals surface area contributed by atoms with Gasteiger partial charge in [0, 0.05) is 12.2 Å². The number of carbonyl (C=O) groups excluding carboxylic acids is 1. The van der Waals surface area contributed by atoms with Crippen LogP contribution < -0.4 is 10.6 Å². The third kappa shape index (κ3) is 7.77. The predicted molar refractivity (Wildman–Crippen MR) is 93.2 cm³/mol. The Balaban J connectivity index is 0.00000441. The van der Waals surface area contributed by atoms with E-state index in [0.717, 1.165) is 12.1 Å². The molecule has 0 saturated carbocycles. The second kappa shape index (κ2) is 9.82. The van der Waals surface area contributed by atoms with Gasteiger partial charge in [-0.2, -0.15) is 0 Å². The van der Waals surface area contributed by atoms with Gasteiger partial charge in [-0.25, -0.2) is 8.42 Å². The van der Waals surface area contributed by atoms with Crippen LogP contribution >= 0.6 is 12.4 Å². The van der Waals surface area contributed by atoms with Gasteiger partial charge in [0.2, 0.25) is 5.91 Å². The van der Waals surface area contributed by atoms with Crippen molar-refractivity contribution in [1.29, 1.82) is 0 Å². The van der Waals surface area contributed by atoms with E-state index >= 15 is 0 Å². The Bertz CT molecular complexity index is 574. The zero-order valence-corrected chi connectivity index (χ0v) is 14.9. The number of para-hydroxylation sites is 1. The largest absolute Gasteiger partial charge is 0.325 e. The zero-order chi connectivity index (χ0) is 15.9. The van der Waals surface area contributed by atoms with Crippen molar-refractivity contribution in [3.05, 3.63) is 29.8 Å². The molecule has 0 aliphatic carbocycles. The summed E-state index contributed by atoms with van der Waals surface area (Å²) in [6.07, 6.45) is 0. The van der Waals surface area contributed by atoms with Crippen LogP contribution in [0.15, 0.2) is 24.3 Å². The molecule has 1 amide bonds. The smallest absolute Gasteiger partial charge is 0.239 e. The molecule has 0 fully saturated rings. The summed E-state index contributed by atoms with van der Waals surface area (Å²) in [6, 6.07) is 7.38. The molecule has 0 heterocycles. The first-order valence-electron chi connectivity index (χ1n) is 7.13. The molecule has 7 heteroatoms. The second-order valence-electron chi connectivity index (χ2n) is 5.43. The summed E-state index contributed by atoms with van der Waals surface area (Å²) in [4.78, 5) is 11.9. The minimum atomic E-state index is -3.36. The van der Waals surface area contributed by atoms with E-state index in [1.54, 1.807) is 6.07 Å². The fourth-order valence-corrected chi connectivity index (χ4v) is 3.61. The molecule has 0 spiro atoms. The predicted octanol–water partition coefficient (Wildman–Crippen LogP) is 2.23. The van der Waals surface area contributed by atoms with Crippen molar-refractivity contribution in [2.75, 3.05) is 23.4 Å². The van der Waals surface area contributed by atoms with Gasteiger partial charge in [0.15, 0.2) is 9.84 Å². The minimum absolute atomic E-state index is 0. The normalized spacial score (nSPS) is 11.1. The quantitative estimate of drug-likeness (QED) is 0.755. The minimum Gasteiger partial charge on any atom is -0.325 e. The Morgan fingerprint density at radius 3 is 2.45 bits per heavy atom. The molecule has 2 N–H and O–H groups in total. The van der Waals surface area contributed by atoms with Gasteiger partial charge in [0.1, 0.15) is 5.75 Å². The Morgan fingerprint density at radius 2 is 1.86 bits per heavy atom. The summed E-state index contributed by atoms with van der Waals surface area (Å²) in [7, 11) is -3.36. The molecule has 0 unspecified atom stereocenters. The van der Waals surface area contributed by atoms with Crippen LogP contribution in [-0.4, -0.2) is 32.4 Å². The highest BCUT2D eigenvalue weighted by Crippen LogP contribution is 2.15. The van der Waals surface area contributed by atoms with Crippen LogP contribution in [0.5, 0.6) is 0 Å². The maximum absolute atomic E-state index is 11.9. The van der Waals surface area contributed by atoms with E-state index in [1.807, 2.05) is 39.0 Å². The molecule has 0 aliphatic rings. The number of amides is 1. The van der Waals surface area contributed by atoms with Gasteiger partial charge < -0.3 is 10.6 Å². The Kier molecular flexibility index (Phi) is 9.32. The number of benzene rings is 1. The fourth-order valence-electron chi connectivity index (χ4n) is 2.01. The highest BCUT2D eigenvalue weighted by atomic mass is 35.5. The van der Waals surface area contributed by atoms with Crippen LogP contribution in [-0.2, 0) is 21.2 Å². The lowest BCUT2D eigenvalue weighted by molar-refractivity contribution is -0.113. The molecule has 1 aromatic carbocycles. The van der Waals surface area contributed by atoms with Crippen LogP contribution in [0.1, 0.15) is 26.3 Å². The molecule has 0 aromatic heterocycles. The number of rotatable bonds is 8. The molecule has 0 aliphatic heterocycles. The zero-order valence-electron chi connectivity index (χ0n) is 13.3. The van der Waals surface area contributed by atoms with E-state index in [2.05, 4.69) is 10.6 Å². The van der Waals surface area contributed by atoms with Crippen LogP contribution in [0.25, 0.3) is 0 Å². The Labute approximate surface area is 139 Å². The summed E-state index contributed by atoms with van der Waals surface area (Å²) < 4.78 is 23.7. The monoisotopic (exact) mass is 348 g/mol. The van der Waals surface area contributed by atoms with Gasteiger partial charge in [-0.1, -0.05) is 39.0 Å². The Morgan fingerprint density at radius 1 is 1.23 bits per heavy atom. The van der Waals surface area contributed by atoms with Gasteiger partial charge in [-0.15, -0.1) is 12.4 Å². The van der Waals surface area contributed by atoms with Crippen molar-refractivity contribution in [2.24, 2.45) is 5.92 Å². The van der Waals surface area contributed by atoms with Gasteiger partial charge in [0.25, 0.3) is 0 Å². The fraction of sp³-hybridized carbons (Fsp3) is 0.533. The summed E-state index contributed by atoms with van der Waals surface area (Å²) in [5, 5.41) is 5.87. The molecule has 0 bridgehead atoms. The molecule has 1 aromatic rings. The number of sulfone groups is 1. The summed E-state index contributed by atoms with van der Waals surface area (Å²) in [5.74, 6) is -0.913. The van der Waals surface area contributed by atoms with Crippen LogP contribution in [0.3, 0.4) is 0 Å². The molecule has 22 heavy (non-hydrogen) atoms. The van der Waals surface area contributed by atoms with E-state index in [4.69, 9.17) is 0 Å². The molecular weight excluding hydrogens is 324 g/mol. The van der Waals surface area contributed by atoms with E-state index in [9.17, 15) is 13.2 Å². The van der Waals surface area contributed by atoms with Crippen molar-refractivity contribution in [3.63, 3.8) is 0 Å². The van der Waals surface area contributed by atoms with Crippen LogP contribution in [0.4, 0.5) is 5.69 Å². The lowest BCUT2D eigenvalue weighted by atomic mass is 10.1. The van der Waals surface area contributed by atoms with E-state index < -0.39 is 21.5 Å². The average Bonchev–Trinajstić information content (AvgIpc) is 2.35. The molecule has 1 rings (SSSR count). The third-order valence-corrected chi connectivity index (χ3v) is 4.67. The summed E-state index contributed by atoms with van der Waals surface area (Å²) >= 11 is 0. The number of anilines is 1. The number of halogens is 1. The molecule has 0 saturated heterocycles. The third-order valence-electron chi connectivity index (χ3n) is 2.80. The maximum Gasteiger partial charge on any atom is 0.239 e. The van der Waals surface area contributed by atoms with Crippen molar-refractivity contribution in [1.82, 2.24) is 5.32 Å². The van der Waals surface area contributed by atoms with E-state index in [-0.39, 0.29) is 24.1 Å². The Hall–Kier alpha value is -1.11. The lowest BCUT2D eigenvalue weighted by Gasteiger charge is -2.12. The van der Waals surface area contributed by atoms with Gasteiger partial charge >= 0.3 is 0 Å². The standard InChI is InChI=1S/C15H24N2O3S.ClH/c1-4-16-9-13-7-5-6-8-14(13)17-15(18)11-21(19,20)10-12(2)3;/h5-8,12,16H,4,9-11H2,1-3H3,(H,17,18);1H. The molecular formula is C15H25ClN2O3S. The van der Waals surface area contributed by atoms with Crippen LogP contribution in [0.2, 0.25) is 0 Å². The van der Waals surface area contributed by atoms with Gasteiger partial charge in [-0.3, -0.25) is 4.79 Å². The number of carbonyl (C=O) groups is 1. The maximum atomic E-state index is 11.9. The highest BCUT2D eigenvalue weighted by molar-refractivity contribution is 7.92. The van der Waals surface area contributed by atoms with Crippen LogP contribution in [0, 0.1) is 5.92 Å². The van der Waals surface area contributed by atoms with Crippen molar-refractivity contribution >= 4 is 33.8 Å². The average molecular weight is 349 g/mol. The number of hydrogen-bond acceptors (Lipinski definition) is 4. The molecule has 0 radical (unpaired) electrons. The number of hydrogen-bond donors (Lipinski definition) is 2.